The molecule has 2 aliphatic heterocycles. The van der Waals surface area contributed by atoms with Crippen LogP contribution >= 0.6 is 11.8 Å². The third-order valence-electron chi connectivity index (χ3n) is 4.06. The summed E-state index contributed by atoms with van der Waals surface area (Å²) in [5, 5.41) is 10.8. The minimum Gasteiger partial charge on any atom is -0.507 e. The van der Waals surface area contributed by atoms with Crippen LogP contribution in [0.15, 0.2) is 28.1 Å². The van der Waals surface area contributed by atoms with E-state index in [4.69, 9.17) is 0 Å². The summed E-state index contributed by atoms with van der Waals surface area (Å²) in [5.41, 5.74) is 0.506. The minimum absolute atomic E-state index is 0.0943. The van der Waals surface area contributed by atoms with E-state index in [1.54, 1.807) is 11.8 Å². The molecule has 1 aromatic carbocycles. The number of hydrogen-bond donors (Lipinski definition) is 1. The summed E-state index contributed by atoms with van der Waals surface area (Å²) < 4.78 is 13.3. The van der Waals surface area contributed by atoms with Gasteiger partial charge in [-0.3, -0.25) is 4.99 Å². The SMILES string of the molecule is CN(C)[C@@H]1CCN(C2=NC/C(=C\c3cc(F)ccc3O)S2)C1. The van der Waals surface area contributed by atoms with E-state index >= 15 is 0 Å². The average Bonchev–Trinajstić information content (AvgIpc) is 3.11. The molecule has 0 aliphatic carbocycles. The van der Waals surface area contributed by atoms with E-state index in [1.807, 2.05) is 6.08 Å². The van der Waals surface area contributed by atoms with Gasteiger partial charge in [-0.05, 0) is 44.8 Å². The number of aromatic hydroxyl groups is 1. The van der Waals surface area contributed by atoms with Crippen molar-refractivity contribution in [2.45, 2.75) is 12.5 Å². The smallest absolute Gasteiger partial charge is 0.164 e. The lowest BCUT2D eigenvalue weighted by Gasteiger charge is -2.20. The van der Waals surface area contributed by atoms with E-state index in [-0.39, 0.29) is 11.6 Å². The summed E-state index contributed by atoms with van der Waals surface area (Å²) in [4.78, 5) is 10.2. The highest BCUT2D eigenvalue weighted by Gasteiger charge is 2.28. The summed E-state index contributed by atoms with van der Waals surface area (Å²) >= 11 is 1.62. The van der Waals surface area contributed by atoms with E-state index in [1.165, 1.54) is 18.2 Å². The molecule has 1 N–H and O–H groups in total. The molecule has 6 heteroatoms. The fraction of sp³-hybridized carbons (Fsp3) is 0.438. The second-order valence-corrected chi connectivity index (χ2v) is 6.96. The third-order valence-corrected chi connectivity index (χ3v) is 5.14. The first-order chi connectivity index (χ1) is 10.5. The van der Waals surface area contributed by atoms with Gasteiger partial charge < -0.3 is 14.9 Å². The van der Waals surface area contributed by atoms with Crippen molar-refractivity contribution < 1.29 is 9.50 Å². The quantitative estimate of drug-likeness (QED) is 0.909. The Kier molecular flexibility index (Phi) is 4.40. The fourth-order valence-corrected chi connectivity index (χ4v) is 3.69. The molecule has 0 saturated carbocycles. The number of amidine groups is 1. The van der Waals surface area contributed by atoms with Crippen molar-refractivity contribution in [2.24, 2.45) is 4.99 Å². The van der Waals surface area contributed by atoms with Gasteiger partial charge in [-0.25, -0.2) is 4.39 Å². The highest BCUT2D eigenvalue weighted by Crippen LogP contribution is 2.32. The number of nitrogens with zero attached hydrogens (tertiary/aromatic N) is 3. The average molecular weight is 321 g/mol. The maximum atomic E-state index is 13.3. The molecular weight excluding hydrogens is 301 g/mol. The minimum atomic E-state index is -0.345. The van der Waals surface area contributed by atoms with Gasteiger partial charge in [0.2, 0.25) is 0 Å². The van der Waals surface area contributed by atoms with Crippen molar-refractivity contribution in [1.82, 2.24) is 9.80 Å². The maximum Gasteiger partial charge on any atom is 0.164 e. The van der Waals surface area contributed by atoms with Crippen molar-refractivity contribution in [3.63, 3.8) is 0 Å². The van der Waals surface area contributed by atoms with Crippen molar-refractivity contribution in [3.05, 3.63) is 34.5 Å². The van der Waals surface area contributed by atoms with E-state index in [2.05, 4.69) is 28.9 Å². The van der Waals surface area contributed by atoms with E-state index in [9.17, 15) is 9.50 Å². The molecule has 1 saturated heterocycles. The van der Waals surface area contributed by atoms with Crippen LogP contribution in [-0.4, -0.2) is 59.8 Å². The van der Waals surface area contributed by atoms with Gasteiger partial charge in [-0.1, -0.05) is 11.8 Å². The molecule has 1 fully saturated rings. The maximum absolute atomic E-state index is 13.3. The van der Waals surface area contributed by atoms with Crippen molar-refractivity contribution in [2.75, 3.05) is 33.7 Å². The van der Waals surface area contributed by atoms with Crippen LogP contribution in [0.5, 0.6) is 5.75 Å². The Morgan fingerprint density at radius 2 is 2.27 bits per heavy atom. The Morgan fingerprint density at radius 3 is 3.00 bits per heavy atom. The number of phenolic OH excluding ortho intramolecular Hbond substituents is 1. The summed E-state index contributed by atoms with van der Waals surface area (Å²) in [5.74, 6) is -0.251. The highest BCUT2D eigenvalue weighted by atomic mass is 32.2. The number of aliphatic imine (C=N–C) groups is 1. The Morgan fingerprint density at radius 1 is 1.45 bits per heavy atom. The zero-order valence-electron chi connectivity index (χ0n) is 12.8. The summed E-state index contributed by atoms with van der Waals surface area (Å²) in [6.07, 6.45) is 2.97. The molecule has 22 heavy (non-hydrogen) atoms. The van der Waals surface area contributed by atoms with Crippen LogP contribution in [-0.2, 0) is 0 Å². The Bertz CT molecular complexity index is 630. The molecule has 2 aliphatic rings. The number of rotatable bonds is 2. The summed E-state index contributed by atoms with van der Waals surface area (Å²) in [7, 11) is 4.21. The summed E-state index contributed by atoms with van der Waals surface area (Å²) in [6.45, 7) is 2.61. The fourth-order valence-electron chi connectivity index (χ4n) is 2.72. The molecule has 1 aromatic rings. The van der Waals surface area contributed by atoms with Gasteiger partial charge in [-0.2, -0.15) is 0 Å². The molecule has 2 heterocycles. The van der Waals surface area contributed by atoms with E-state index in [0.29, 0.717) is 18.2 Å². The van der Waals surface area contributed by atoms with Crippen LogP contribution < -0.4 is 0 Å². The van der Waals surface area contributed by atoms with Crippen LogP contribution in [0.1, 0.15) is 12.0 Å². The molecule has 118 valence electrons. The predicted molar refractivity (Wildman–Crippen MR) is 89.6 cm³/mol. The van der Waals surface area contributed by atoms with Gasteiger partial charge in [-0.15, -0.1) is 0 Å². The molecular formula is C16H20FN3OS. The molecule has 0 bridgehead atoms. The van der Waals surface area contributed by atoms with Gasteiger partial charge in [0.25, 0.3) is 0 Å². The number of benzene rings is 1. The van der Waals surface area contributed by atoms with E-state index < -0.39 is 0 Å². The first kappa shape index (κ1) is 15.4. The monoisotopic (exact) mass is 321 g/mol. The van der Waals surface area contributed by atoms with Gasteiger partial charge in [0.05, 0.1) is 6.54 Å². The lowest BCUT2D eigenvalue weighted by molar-refractivity contribution is 0.302. The molecule has 0 radical (unpaired) electrons. The number of hydrogen-bond acceptors (Lipinski definition) is 5. The normalized spacial score (nSPS) is 23.6. The highest BCUT2D eigenvalue weighted by molar-refractivity contribution is 8.17. The Balaban J connectivity index is 1.67. The summed E-state index contributed by atoms with van der Waals surface area (Å²) in [6, 6.07) is 4.56. The van der Waals surface area contributed by atoms with Crippen LogP contribution in [0, 0.1) is 5.82 Å². The van der Waals surface area contributed by atoms with Gasteiger partial charge in [0.1, 0.15) is 11.6 Å². The molecule has 1 atom stereocenters. The van der Waals surface area contributed by atoms with Gasteiger partial charge in [0.15, 0.2) is 5.17 Å². The van der Waals surface area contributed by atoms with Crippen molar-refractivity contribution >= 4 is 23.0 Å². The standard InChI is InChI=1S/C16H20FN3OS/c1-19(2)13-5-6-20(10-13)16-18-9-14(22-16)8-11-7-12(17)3-4-15(11)21/h3-4,7-8,13,21H,5-6,9-10H2,1-2H3/b14-8+/t13-/m1/s1. The number of likely N-dealkylation sites (N-methyl/N-ethyl adjacent to an activating group) is 1. The van der Waals surface area contributed by atoms with Crippen molar-refractivity contribution in [3.8, 4) is 5.75 Å². The first-order valence-corrected chi connectivity index (χ1v) is 8.17. The largest absolute Gasteiger partial charge is 0.507 e. The van der Waals surface area contributed by atoms with Crippen LogP contribution in [0.2, 0.25) is 0 Å². The van der Waals surface area contributed by atoms with Crippen LogP contribution in [0.25, 0.3) is 6.08 Å². The van der Waals surface area contributed by atoms with E-state index in [0.717, 1.165) is 29.6 Å². The van der Waals surface area contributed by atoms with Crippen LogP contribution in [0.3, 0.4) is 0 Å². The van der Waals surface area contributed by atoms with Gasteiger partial charge >= 0.3 is 0 Å². The molecule has 0 amide bonds. The Hall–Kier alpha value is -1.53. The Labute approximate surface area is 134 Å². The number of halogens is 1. The lowest BCUT2D eigenvalue weighted by Crippen LogP contribution is -2.33. The molecule has 0 unspecified atom stereocenters. The predicted octanol–water partition coefficient (Wildman–Crippen LogP) is 2.61. The van der Waals surface area contributed by atoms with Crippen molar-refractivity contribution in [1.29, 1.82) is 0 Å². The molecule has 0 spiro atoms. The zero-order chi connectivity index (χ0) is 15.7. The topological polar surface area (TPSA) is 39.1 Å². The first-order valence-electron chi connectivity index (χ1n) is 7.35. The number of thioether (sulfide) groups is 1. The molecule has 0 aromatic heterocycles. The molecule has 4 nitrogen and oxygen atoms in total. The third kappa shape index (κ3) is 3.28. The zero-order valence-corrected chi connectivity index (χ0v) is 13.6. The van der Waals surface area contributed by atoms with Gasteiger partial charge in [0, 0.05) is 29.6 Å². The number of phenols is 1. The lowest BCUT2D eigenvalue weighted by atomic mass is 10.2. The second-order valence-electron chi connectivity index (χ2n) is 5.87. The van der Waals surface area contributed by atoms with Crippen LogP contribution in [0.4, 0.5) is 4.39 Å². The molecule has 3 rings (SSSR count). The second kappa shape index (κ2) is 6.30. The number of likely N-dealkylation sites (tertiary alicyclic amines) is 1.